The van der Waals surface area contributed by atoms with Gasteiger partial charge in [0.25, 0.3) is 0 Å². The molecule has 0 radical (unpaired) electrons. The molecule has 18 heavy (non-hydrogen) atoms. The van der Waals surface area contributed by atoms with Gasteiger partial charge < -0.3 is 4.42 Å². The summed E-state index contributed by atoms with van der Waals surface area (Å²) >= 11 is 5.33. The van der Waals surface area contributed by atoms with Crippen LogP contribution in [0.25, 0.3) is 0 Å². The molecule has 2 aromatic rings. The van der Waals surface area contributed by atoms with E-state index in [1.807, 2.05) is 13.8 Å². The van der Waals surface area contributed by atoms with E-state index in [-0.39, 0.29) is 6.04 Å². The SMILES string of the molecule is Cc1cc(C(C)n2c(C(C)C)n[nH]c2=S)c(C)o1. The number of nitrogens with zero attached hydrogens (tertiary/aromatic N) is 2. The molecule has 0 saturated heterocycles. The number of nitrogens with one attached hydrogen (secondary N) is 1. The van der Waals surface area contributed by atoms with Crippen LogP contribution in [0.4, 0.5) is 0 Å². The van der Waals surface area contributed by atoms with Gasteiger partial charge in [-0.1, -0.05) is 13.8 Å². The maximum absolute atomic E-state index is 5.60. The Kier molecular flexibility index (Phi) is 3.43. The molecule has 0 amide bonds. The molecule has 0 aliphatic carbocycles. The van der Waals surface area contributed by atoms with E-state index in [9.17, 15) is 0 Å². The van der Waals surface area contributed by atoms with Crippen LogP contribution >= 0.6 is 12.2 Å². The Morgan fingerprint density at radius 3 is 2.50 bits per heavy atom. The molecular weight excluding hydrogens is 246 g/mol. The number of H-pyrrole nitrogens is 1. The number of aromatic amines is 1. The zero-order valence-corrected chi connectivity index (χ0v) is 12.3. The van der Waals surface area contributed by atoms with E-state index in [1.54, 1.807) is 0 Å². The summed E-state index contributed by atoms with van der Waals surface area (Å²) in [5, 5.41) is 7.19. The van der Waals surface area contributed by atoms with Crippen molar-refractivity contribution >= 4 is 12.2 Å². The van der Waals surface area contributed by atoms with Gasteiger partial charge in [-0.05, 0) is 39.1 Å². The molecule has 0 spiro atoms. The largest absolute Gasteiger partial charge is 0.466 e. The second-order valence-corrected chi connectivity index (χ2v) is 5.34. The van der Waals surface area contributed by atoms with E-state index in [0.29, 0.717) is 10.7 Å². The first-order valence-electron chi connectivity index (χ1n) is 6.15. The van der Waals surface area contributed by atoms with Crippen LogP contribution in [0.15, 0.2) is 10.5 Å². The van der Waals surface area contributed by atoms with Crippen molar-refractivity contribution in [3.05, 3.63) is 33.7 Å². The maximum Gasteiger partial charge on any atom is 0.195 e. The summed E-state index contributed by atoms with van der Waals surface area (Å²) in [5.74, 6) is 3.17. The highest BCUT2D eigenvalue weighted by molar-refractivity contribution is 7.71. The number of furan rings is 1. The topological polar surface area (TPSA) is 46.8 Å². The number of hydrogen-bond donors (Lipinski definition) is 1. The van der Waals surface area contributed by atoms with Crippen LogP contribution in [0.5, 0.6) is 0 Å². The number of rotatable bonds is 3. The Bertz CT molecular complexity index is 606. The van der Waals surface area contributed by atoms with Gasteiger partial charge >= 0.3 is 0 Å². The van der Waals surface area contributed by atoms with Crippen molar-refractivity contribution in [2.45, 2.75) is 46.6 Å². The molecule has 2 heterocycles. The third-order valence-electron chi connectivity index (χ3n) is 3.16. The molecule has 2 rings (SSSR count). The fourth-order valence-corrected chi connectivity index (χ4v) is 2.60. The van der Waals surface area contributed by atoms with Crippen molar-refractivity contribution in [2.24, 2.45) is 0 Å². The molecule has 0 aromatic carbocycles. The minimum absolute atomic E-state index is 0.131. The molecule has 0 fully saturated rings. The van der Waals surface area contributed by atoms with Gasteiger partial charge in [0, 0.05) is 11.5 Å². The predicted octanol–water partition coefficient (Wildman–Crippen LogP) is 3.88. The van der Waals surface area contributed by atoms with Crippen molar-refractivity contribution in [3.63, 3.8) is 0 Å². The lowest BCUT2D eigenvalue weighted by Crippen LogP contribution is -2.12. The Hall–Kier alpha value is -1.36. The first kappa shape index (κ1) is 13.1. The zero-order valence-electron chi connectivity index (χ0n) is 11.4. The van der Waals surface area contributed by atoms with Gasteiger partial charge in [-0.3, -0.25) is 9.67 Å². The number of aryl methyl sites for hydroxylation is 2. The molecule has 0 saturated carbocycles. The molecule has 98 valence electrons. The average molecular weight is 265 g/mol. The molecule has 0 aliphatic rings. The highest BCUT2D eigenvalue weighted by atomic mass is 32.1. The van der Waals surface area contributed by atoms with Crippen molar-refractivity contribution in [1.29, 1.82) is 0 Å². The quantitative estimate of drug-likeness (QED) is 0.857. The Morgan fingerprint density at radius 1 is 1.33 bits per heavy atom. The van der Waals surface area contributed by atoms with Crippen molar-refractivity contribution < 1.29 is 4.42 Å². The minimum Gasteiger partial charge on any atom is -0.466 e. The Morgan fingerprint density at radius 2 is 2.00 bits per heavy atom. The summed E-state index contributed by atoms with van der Waals surface area (Å²) in [4.78, 5) is 0. The third kappa shape index (κ3) is 2.14. The summed E-state index contributed by atoms with van der Waals surface area (Å²) in [5.41, 5.74) is 1.16. The van der Waals surface area contributed by atoms with Gasteiger partial charge in [0.1, 0.15) is 17.3 Å². The van der Waals surface area contributed by atoms with Gasteiger partial charge in [0.2, 0.25) is 0 Å². The average Bonchev–Trinajstić information content (AvgIpc) is 2.81. The Balaban J connectivity index is 2.52. The highest BCUT2D eigenvalue weighted by Gasteiger charge is 2.20. The molecule has 0 bridgehead atoms. The van der Waals surface area contributed by atoms with Crippen molar-refractivity contribution in [3.8, 4) is 0 Å². The first-order valence-corrected chi connectivity index (χ1v) is 6.56. The summed E-state index contributed by atoms with van der Waals surface area (Å²) in [6.07, 6.45) is 0. The lowest BCUT2D eigenvalue weighted by Gasteiger charge is -2.16. The van der Waals surface area contributed by atoms with Crippen molar-refractivity contribution in [1.82, 2.24) is 14.8 Å². The molecule has 2 aromatic heterocycles. The summed E-state index contributed by atoms with van der Waals surface area (Å²) in [6, 6.07) is 2.20. The third-order valence-corrected chi connectivity index (χ3v) is 3.45. The molecule has 1 N–H and O–H groups in total. The van der Waals surface area contributed by atoms with Gasteiger partial charge in [-0.15, -0.1) is 0 Å². The standard InChI is InChI=1S/C13H19N3OS/c1-7(2)12-14-15-13(18)16(12)9(4)11-6-8(3)17-10(11)5/h6-7,9H,1-5H3,(H,15,18). The summed E-state index contributed by atoms with van der Waals surface area (Å²) in [6.45, 7) is 10.3. The van der Waals surface area contributed by atoms with Crippen LogP contribution < -0.4 is 0 Å². The normalized spacial score (nSPS) is 13.2. The zero-order chi connectivity index (χ0) is 13.4. The Labute approximate surface area is 112 Å². The van der Waals surface area contributed by atoms with Gasteiger partial charge in [0.05, 0.1) is 6.04 Å². The number of aromatic nitrogens is 3. The molecular formula is C13H19N3OS. The van der Waals surface area contributed by atoms with Gasteiger partial charge in [-0.25, -0.2) is 0 Å². The van der Waals surface area contributed by atoms with E-state index >= 15 is 0 Å². The van der Waals surface area contributed by atoms with Gasteiger partial charge in [0.15, 0.2) is 4.77 Å². The molecule has 0 aliphatic heterocycles. The number of hydrogen-bond acceptors (Lipinski definition) is 3. The second-order valence-electron chi connectivity index (χ2n) is 4.96. The summed E-state index contributed by atoms with van der Waals surface area (Å²) in [7, 11) is 0. The first-order chi connectivity index (χ1) is 8.41. The van der Waals surface area contributed by atoms with Crippen LogP contribution in [0.1, 0.15) is 55.6 Å². The molecule has 1 atom stereocenters. The van der Waals surface area contributed by atoms with Gasteiger partial charge in [-0.2, -0.15) is 5.10 Å². The fourth-order valence-electron chi connectivity index (χ4n) is 2.30. The smallest absolute Gasteiger partial charge is 0.195 e. The monoisotopic (exact) mass is 265 g/mol. The predicted molar refractivity (Wildman–Crippen MR) is 73.5 cm³/mol. The van der Waals surface area contributed by atoms with E-state index in [1.165, 1.54) is 0 Å². The maximum atomic E-state index is 5.60. The van der Waals surface area contributed by atoms with E-state index in [2.05, 4.69) is 41.6 Å². The lowest BCUT2D eigenvalue weighted by atomic mass is 10.1. The van der Waals surface area contributed by atoms with E-state index < -0.39 is 0 Å². The summed E-state index contributed by atoms with van der Waals surface area (Å²) < 4.78 is 8.32. The highest BCUT2D eigenvalue weighted by Crippen LogP contribution is 2.27. The van der Waals surface area contributed by atoms with Crippen LogP contribution in [0.2, 0.25) is 0 Å². The van der Waals surface area contributed by atoms with Crippen LogP contribution in [0, 0.1) is 18.6 Å². The van der Waals surface area contributed by atoms with Crippen LogP contribution in [-0.4, -0.2) is 14.8 Å². The van der Waals surface area contributed by atoms with Crippen LogP contribution in [-0.2, 0) is 0 Å². The minimum atomic E-state index is 0.131. The molecule has 1 unspecified atom stereocenters. The molecule has 5 heteroatoms. The van der Waals surface area contributed by atoms with E-state index in [0.717, 1.165) is 22.9 Å². The van der Waals surface area contributed by atoms with E-state index in [4.69, 9.17) is 16.6 Å². The van der Waals surface area contributed by atoms with Crippen molar-refractivity contribution in [2.75, 3.05) is 0 Å². The second kappa shape index (κ2) is 4.72. The molecule has 4 nitrogen and oxygen atoms in total. The van der Waals surface area contributed by atoms with Crippen LogP contribution in [0.3, 0.4) is 0 Å². The fraction of sp³-hybridized carbons (Fsp3) is 0.538. The lowest BCUT2D eigenvalue weighted by molar-refractivity contribution is 0.490.